The number of hydrogen-bond acceptors (Lipinski definition) is 5. The summed E-state index contributed by atoms with van der Waals surface area (Å²) in [5, 5.41) is 0.932. The van der Waals surface area contributed by atoms with Crippen LogP contribution in [0.3, 0.4) is 0 Å². The first-order chi connectivity index (χ1) is 11.0. The maximum atomic E-state index is 11.1. The standard InChI is InChI=1S/C18H21NO4/c1-10(2)22-17-8-14-13(9-21-12(4)20)5-6-19-16(14)7-15(17)18-11(3)23-18/h5-8,10-11,18H,9H2,1-4H3/t11?,18-/m0/s1. The number of nitrogens with zero attached hydrogens (tertiary/aromatic N) is 1. The molecule has 0 aliphatic carbocycles. The highest BCUT2D eigenvalue weighted by Crippen LogP contribution is 2.44. The first-order valence-electron chi connectivity index (χ1n) is 7.82. The number of aromatic nitrogens is 1. The number of esters is 1. The lowest BCUT2D eigenvalue weighted by atomic mass is 10.0. The molecule has 23 heavy (non-hydrogen) atoms. The number of pyridine rings is 1. The van der Waals surface area contributed by atoms with Crippen LogP contribution in [0.5, 0.6) is 5.75 Å². The van der Waals surface area contributed by atoms with Gasteiger partial charge in [0.05, 0.1) is 17.7 Å². The van der Waals surface area contributed by atoms with Crippen molar-refractivity contribution >= 4 is 16.9 Å². The SMILES string of the molecule is CC(=O)OCc1ccnc2cc([C@H]3OC3C)c(OC(C)C)cc12. The van der Waals surface area contributed by atoms with Gasteiger partial charge in [-0.25, -0.2) is 0 Å². The van der Waals surface area contributed by atoms with Gasteiger partial charge < -0.3 is 14.2 Å². The Morgan fingerprint density at radius 1 is 1.39 bits per heavy atom. The molecule has 5 heteroatoms. The van der Waals surface area contributed by atoms with Crippen LogP contribution in [0.4, 0.5) is 0 Å². The van der Waals surface area contributed by atoms with E-state index in [9.17, 15) is 4.79 Å². The summed E-state index contributed by atoms with van der Waals surface area (Å²) >= 11 is 0. The van der Waals surface area contributed by atoms with Crippen molar-refractivity contribution in [2.45, 2.75) is 52.6 Å². The van der Waals surface area contributed by atoms with Crippen LogP contribution in [-0.2, 0) is 20.9 Å². The van der Waals surface area contributed by atoms with E-state index in [1.54, 1.807) is 6.20 Å². The lowest BCUT2D eigenvalue weighted by molar-refractivity contribution is -0.142. The number of fused-ring (bicyclic) bond motifs is 1. The van der Waals surface area contributed by atoms with Gasteiger partial charge >= 0.3 is 5.97 Å². The molecule has 0 amide bonds. The van der Waals surface area contributed by atoms with E-state index in [2.05, 4.69) is 4.98 Å². The largest absolute Gasteiger partial charge is 0.491 e. The van der Waals surface area contributed by atoms with Gasteiger partial charge in [0, 0.05) is 29.6 Å². The summed E-state index contributed by atoms with van der Waals surface area (Å²) in [6.45, 7) is 7.66. The van der Waals surface area contributed by atoms with E-state index < -0.39 is 0 Å². The summed E-state index contributed by atoms with van der Waals surface area (Å²) in [6.07, 6.45) is 2.05. The summed E-state index contributed by atoms with van der Waals surface area (Å²) in [5.41, 5.74) is 2.79. The highest BCUT2D eigenvalue weighted by atomic mass is 16.6. The van der Waals surface area contributed by atoms with Crippen molar-refractivity contribution in [1.82, 2.24) is 4.98 Å². The molecule has 1 aliphatic rings. The van der Waals surface area contributed by atoms with Gasteiger partial charge in [0.1, 0.15) is 18.5 Å². The third-order valence-corrected chi connectivity index (χ3v) is 3.77. The lowest BCUT2D eigenvalue weighted by Crippen LogP contribution is -2.08. The van der Waals surface area contributed by atoms with Crippen molar-refractivity contribution in [2.24, 2.45) is 0 Å². The fourth-order valence-corrected chi connectivity index (χ4v) is 2.64. The third kappa shape index (κ3) is 3.45. The Kier molecular flexibility index (Phi) is 4.22. The van der Waals surface area contributed by atoms with Gasteiger partial charge in [-0.15, -0.1) is 0 Å². The number of carbonyl (C=O) groups is 1. The van der Waals surface area contributed by atoms with Gasteiger partial charge in [0.2, 0.25) is 0 Å². The molecule has 2 aromatic rings. The van der Waals surface area contributed by atoms with E-state index in [-0.39, 0.29) is 30.9 Å². The Bertz CT molecular complexity index is 741. The molecule has 5 nitrogen and oxygen atoms in total. The van der Waals surface area contributed by atoms with Crippen molar-refractivity contribution in [3.63, 3.8) is 0 Å². The molecule has 0 radical (unpaired) electrons. The molecule has 1 aromatic carbocycles. The molecule has 122 valence electrons. The molecule has 1 saturated heterocycles. The molecule has 3 rings (SSSR count). The predicted molar refractivity (Wildman–Crippen MR) is 86.3 cm³/mol. The van der Waals surface area contributed by atoms with Crippen molar-refractivity contribution in [1.29, 1.82) is 0 Å². The van der Waals surface area contributed by atoms with Crippen LogP contribution in [0.1, 0.15) is 44.9 Å². The average molecular weight is 315 g/mol. The van der Waals surface area contributed by atoms with E-state index in [1.807, 2.05) is 39.0 Å². The van der Waals surface area contributed by atoms with Gasteiger partial charge in [-0.1, -0.05) is 0 Å². The molecule has 2 atom stereocenters. The lowest BCUT2D eigenvalue weighted by Gasteiger charge is -2.15. The first-order valence-corrected chi connectivity index (χ1v) is 7.82. The highest BCUT2D eigenvalue weighted by Gasteiger charge is 2.38. The monoisotopic (exact) mass is 315 g/mol. The molecule has 1 fully saturated rings. The Hall–Kier alpha value is -2.14. The number of ether oxygens (including phenoxy) is 3. The summed E-state index contributed by atoms with van der Waals surface area (Å²) in [6, 6.07) is 5.85. The predicted octanol–water partition coefficient (Wildman–Crippen LogP) is 3.54. The topological polar surface area (TPSA) is 61.0 Å². The zero-order chi connectivity index (χ0) is 16.6. The van der Waals surface area contributed by atoms with Crippen molar-refractivity contribution < 1.29 is 19.0 Å². The Morgan fingerprint density at radius 3 is 2.74 bits per heavy atom. The van der Waals surface area contributed by atoms with E-state index in [1.165, 1.54) is 6.92 Å². The normalized spacial score (nSPS) is 19.9. The average Bonchev–Trinajstić information content (AvgIpc) is 3.20. The number of hydrogen-bond donors (Lipinski definition) is 0. The minimum absolute atomic E-state index is 0.0621. The molecule has 0 bridgehead atoms. The summed E-state index contributed by atoms with van der Waals surface area (Å²) in [7, 11) is 0. The molecular weight excluding hydrogens is 294 g/mol. The number of rotatable bonds is 5. The van der Waals surface area contributed by atoms with E-state index in [4.69, 9.17) is 14.2 Å². The van der Waals surface area contributed by atoms with Gasteiger partial charge in [-0.2, -0.15) is 0 Å². The van der Waals surface area contributed by atoms with Crippen LogP contribution < -0.4 is 4.74 Å². The smallest absolute Gasteiger partial charge is 0.302 e. The number of benzene rings is 1. The Labute approximate surface area is 135 Å². The minimum atomic E-state index is -0.301. The van der Waals surface area contributed by atoms with E-state index in [0.717, 1.165) is 27.8 Å². The fourth-order valence-electron chi connectivity index (χ4n) is 2.64. The van der Waals surface area contributed by atoms with Crippen LogP contribution in [-0.4, -0.2) is 23.2 Å². The molecule has 0 N–H and O–H groups in total. The number of epoxide rings is 1. The zero-order valence-electron chi connectivity index (χ0n) is 13.8. The molecule has 2 heterocycles. The van der Waals surface area contributed by atoms with Crippen molar-refractivity contribution in [3.05, 3.63) is 35.5 Å². The molecule has 1 aromatic heterocycles. The molecule has 1 aliphatic heterocycles. The quantitative estimate of drug-likeness (QED) is 0.624. The third-order valence-electron chi connectivity index (χ3n) is 3.77. The van der Waals surface area contributed by atoms with Crippen LogP contribution in [0.2, 0.25) is 0 Å². The van der Waals surface area contributed by atoms with Gasteiger partial charge in [0.25, 0.3) is 0 Å². The molecule has 0 spiro atoms. The zero-order valence-corrected chi connectivity index (χ0v) is 13.8. The second kappa shape index (κ2) is 6.16. The summed E-state index contributed by atoms with van der Waals surface area (Å²) < 4.78 is 16.7. The van der Waals surface area contributed by atoms with E-state index in [0.29, 0.717) is 0 Å². The van der Waals surface area contributed by atoms with Crippen LogP contribution in [0.15, 0.2) is 24.4 Å². The van der Waals surface area contributed by atoms with Crippen molar-refractivity contribution in [3.8, 4) is 5.75 Å². The van der Waals surface area contributed by atoms with Gasteiger partial charge in [-0.05, 0) is 39.0 Å². The summed E-state index contributed by atoms with van der Waals surface area (Å²) in [5.74, 6) is 0.504. The van der Waals surface area contributed by atoms with Crippen LogP contribution in [0, 0.1) is 0 Å². The molecular formula is C18H21NO4. The number of carbonyl (C=O) groups excluding carboxylic acids is 1. The summed E-state index contributed by atoms with van der Waals surface area (Å²) in [4.78, 5) is 15.5. The minimum Gasteiger partial charge on any atom is -0.491 e. The maximum absolute atomic E-state index is 11.1. The van der Waals surface area contributed by atoms with Crippen molar-refractivity contribution in [2.75, 3.05) is 0 Å². The van der Waals surface area contributed by atoms with Crippen LogP contribution in [0.25, 0.3) is 10.9 Å². The van der Waals surface area contributed by atoms with Crippen LogP contribution >= 0.6 is 0 Å². The Balaban J connectivity index is 2.05. The van der Waals surface area contributed by atoms with E-state index >= 15 is 0 Å². The van der Waals surface area contributed by atoms with Gasteiger partial charge in [-0.3, -0.25) is 9.78 Å². The second-order valence-electron chi connectivity index (χ2n) is 6.09. The highest BCUT2D eigenvalue weighted by molar-refractivity contribution is 5.85. The first kappa shape index (κ1) is 15.7. The Morgan fingerprint density at radius 2 is 2.13 bits per heavy atom. The molecule has 0 saturated carbocycles. The maximum Gasteiger partial charge on any atom is 0.302 e. The fraction of sp³-hybridized carbons (Fsp3) is 0.444. The second-order valence-corrected chi connectivity index (χ2v) is 6.09. The molecule has 1 unspecified atom stereocenters. The van der Waals surface area contributed by atoms with Gasteiger partial charge in [0.15, 0.2) is 0 Å².